The van der Waals surface area contributed by atoms with Gasteiger partial charge in [0.15, 0.2) is 5.76 Å². The molecule has 1 N–H and O–H groups in total. The number of carbonyl (C=O) groups excluding carboxylic acids is 1. The van der Waals surface area contributed by atoms with Crippen molar-refractivity contribution in [2.45, 2.75) is 6.92 Å². The van der Waals surface area contributed by atoms with Gasteiger partial charge < -0.3 is 9.73 Å². The van der Waals surface area contributed by atoms with Gasteiger partial charge in [-0.25, -0.2) is 9.97 Å². The Morgan fingerprint density at radius 3 is 2.68 bits per heavy atom. The van der Waals surface area contributed by atoms with Gasteiger partial charge in [-0.05, 0) is 19.1 Å². The molecule has 1 amide bonds. The molecule has 0 spiro atoms. The third kappa shape index (κ3) is 2.30. The first kappa shape index (κ1) is 11.4. The highest BCUT2D eigenvalue weighted by molar-refractivity contribution is 6.04. The smallest absolute Gasteiger partial charge is 0.291 e. The minimum Gasteiger partial charge on any atom is -0.451 e. The lowest BCUT2D eigenvalue weighted by molar-refractivity contribution is 0.0998. The second-order valence-electron chi connectivity index (χ2n) is 4.12. The topological polar surface area (TPSA) is 68.0 Å². The fourth-order valence-corrected chi connectivity index (χ4v) is 1.74. The molecule has 0 radical (unpaired) electrons. The standard InChI is InChI=1S/C14H11N3O2/c1-9-15-7-11(8-16-9)17-14(18)13-6-10-4-2-3-5-12(10)19-13/h2-8H,1H3,(H,17,18). The summed E-state index contributed by atoms with van der Waals surface area (Å²) in [5.74, 6) is 0.604. The first-order chi connectivity index (χ1) is 9.22. The molecule has 3 aromatic rings. The van der Waals surface area contributed by atoms with Crippen LogP contribution in [0.3, 0.4) is 0 Å². The lowest BCUT2D eigenvalue weighted by Gasteiger charge is -2.01. The van der Waals surface area contributed by atoms with Crippen LogP contribution in [0.1, 0.15) is 16.4 Å². The van der Waals surface area contributed by atoms with E-state index in [1.165, 1.54) is 0 Å². The zero-order valence-electron chi connectivity index (χ0n) is 10.3. The zero-order valence-corrected chi connectivity index (χ0v) is 10.3. The minimum absolute atomic E-state index is 0.266. The number of aromatic nitrogens is 2. The maximum Gasteiger partial charge on any atom is 0.291 e. The van der Waals surface area contributed by atoms with Gasteiger partial charge in [0.05, 0.1) is 18.1 Å². The highest BCUT2D eigenvalue weighted by Gasteiger charge is 2.12. The van der Waals surface area contributed by atoms with Gasteiger partial charge in [-0.1, -0.05) is 18.2 Å². The number of hydrogen-bond donors (Lipinski definition) is 1. The van der Waals surface area contributed by atoms with E-state index >= 15 is 0 Å². The van der Waals surface area contributed by atoms with E-state index in [0.29, 0.717) is 17.1 Å². The van der Waals surface area contributed by atoms with E-state index in [9.17, 15) is 4.79 Å². The second-order valence-corrected chi connectivity index (χ2v) is 4.12. The maximum atomic E-state index is 12.0. The first-order valence-electron chi connectivity index (χ1n) is 5.81. The fraction of sp³-hybridized carbons (Fsp3) is 0.0714. The lowest BCUT2D eigenvalue weighted by atomic mass is 10.2. The van der Waals surface area contributed by atoms with E-state index in [1.54, 1.807) is 25.4 Å². The van der Waals surface area contributed by atoms with Crippen LogP contribution in [0.4, 0.5) is 5.69 Å². The van der Waals surface area contributed by atoms with Crippen LogP contribution in [0.25, 0.3) is 11.0 Å². The summed E-state index contributed by atoms with van der Waals surface area (Å²) in [5.41, 5.74) is 1.23. The summed E-state index contributed by atoms with van der Waals surface area (Å²) in [6.45, 7) is 1.78. The molecular weight excluding hydrogens is 242 g/mol. The number of benzene rings is 1. The molecule has 0 bridgehead atoms. The molecule has 3 rings (SSSR count). The largest absolute Gasteiger partial charge is 0.451 e. The number of amides is 1. The third-order valence-corrected chi connectivity index (χ3v) is 2.69. The summed E-state index contributed by atoms with van der Waals surface area (Å²) in [6, 6.07) is 9.18. The summed E-state index contributed by atoms with van der Waals surface area (Å²) >= 11 is 0. The maximum absolute atomic E-state index is 12.0. The molecule has 19 heavy (non-hydrogen) atoms. The summed E-state index contributed by atoms with van der Waals surface area (Å²) in [4.78, 5) is 20.0. The molecule has 5 heteroatoms. The molecule has 0 aliphatic rings. The van der Waals surface area contributed by atoms with E-state index in [2.05, 4.69) is 15.3 Å². The zero-order chi connectivity index (χ0) is 13.2. The number of rotatable bonds is 2. The molecule has 2 aromatic heterocycles. The third-order valence-electron chi connectivity index (χ3n) is 2.69. The van der Waals surface area contributed by atoms with Crippen LogP contribution in [0.15, 0.2) is 47.1 Å². The van der Waals surface area contributed by atoms with Gasteiger partial charge in [0, 0.05) is 5.39 Å². The molecule has 1 aromatic carbocycles. The molecule has 0 atom stereocenters. The number of para-hydroxylation sites is 1. The molecule has 94 valence electrons. The quantitative estimate of drug-likeness (QED) is 0.762. The van der Waals surface area contributed by atoms with E-state index in [0.717, 1.165) is 5.39 Å². The van der Waals surface area contributed by atoms with Gasteiger partial charge in [-0.15, -0.1) is 0 Å². The molecule has 0 aliphatic carbocycles. The van der Waals surface area contributed by atoms with Gasteiger partial charge >= 0.3 is 0 Å². The van der Waals surface area contributed by atoms with E-state index < -0.39 is 0 Å². The van der Waals surface area contributed by atoms with E-state index in [4.69, 9.17) is 4.42 Å². The molecule has 0 aliphatic heterocycles. The van der Waals surface area contributed by atoms with Crippen LogP contribution in [-0.4, -0.2) is 15.9 Å². The summed E-state index contributed by atoms with van der Waals surface area (Å²) in [6.07, 6.45) is 3.12. The van der Waals surface area contributed by atoms with Crippen molar-refractivity contribution in [1.82, 2.24) is 9.97 Å². The van der Waals surface area contributed by atoms with Crippen molar-refractivity contribution in [2.24, 2.45) is 0 Å². The van der Waals surface area contributed by atoms with E-state index in [1.807, 2.05) is 24.3 Å². The van der Waals surface area contributed by atoms with Crippen molar-refractivity contribution in [3.63, 3.8) is 0 Å². The Hall–Kier alpha value is -2.69. The van der Waals surface area contributed by atoms with Gasteiger partial charge in [0.25, 0.3) is 5.91 Å². The number of nitrogens with zero attached hydrogens (tertiary/aromatic N) is 2. The van der Waals surface area contributed by atoms with Crippen LogP contribution in [0.5, 0.6) is 0 Å². The average molecular weight is 253 g/mol. The van der Waals surface area contributed by atoms with Crippen molar-refractivity contribution in [3.05, 3.63) is 54.3 Å². The molecule has 2 heterocycles. The number of hydrogen-bond acceptors (Lipinski definition) is 4. The van der Waals surface area contributed by atoms with Crippen molar-refractivity contribution in [2.75, 3.05) is 5.32 Å². The van der Waals surface area contributed by atoms with E-state index in [-0.39, 0.29) is 11.7 Å². The van der Waals surface area contributed by atoms with Crippen molar-refractivity contribution >= 4 is 22.6 Å². The summed E-state index contributed by atoms with van der Waals surface area (Å²) in [7, 11) is 0. The molecule has 0 fully saturated rings. The van der Waals surface area contributed by atoms with Crippen LogP contribution < -0.4 is 5.32 Å². The van der Waals surface area contributed by atoms with Crippen LogP contribution in [0.2, 0.25) is 0 Å². The Kier molecular flexibility index (Phi) is 2.72. The Balaban J connectivity index is 1.85. The predicted octanol–water partition coefficient (Wildman–Crippen LogP) is 2.78. The first-order valence-corrected chi connectivity index (χ1v) is 5.81. The Morgan fingerprint density at radius 1 is 1.21 bits per heavy atom. The van der Waals surface area contributed by atoms with Crippen LogP contribution in [0, 0.1) is 6.92 Å². The normalized spacial score (nSPS) is 10.6. The average Bonchev–Trinajstić information content (AvgIpc) is 2.85. The number of fused-ring (bicyclic) bond motifs is 1. The SMILES string of the molecule is Cc1ncc(NC(=O)c2cc3ccccc3o2)cn1. The number of furan rings is 1. The van der Waals surface area contributed by atoms with Crippen LogP contribution >= 0.6 is 0 Å². The summed E-state index contributed by atoms with van der Waals surface area (Å²) < 4.78 is 5.47. The number of aryl methyl sites for hydroxylation is 1. The minimum atomic E-state index is -0.316. The lowest BCUT2D eigenvalue weighted by Crippen LogP contribution is -2.11. The highest BCUT2D eigenvalue weighted by atomic mass is 16.3. The van der Waals surface area contributed by atoms with Gasteiger partial charge in [0.2, 0.25) is 0 Å². The predicted molar refractivity (Wildman–Crippen MR) is 70.9 cm³/mol. The highest BCUT2D eigenvalue weighted by Crippen LogP contribution is 2.19. The second kappa shape index (κ2) is 4.53. The molecular formula is C14H11N3O2. The van der Waals surface area contributed by atoms with Gasteiger partial charge in [0.1, 0.15) is 11.4 Å². The van der Waals surface area contributed by atoms with Crippen molar-refractivity contribution in [1.29, 1.82) is 0 Å². The Morgan fingerprint density at radius 2 is 1.95 bits per heavy atom. The molecule has 0 saturated heterocycles. The monoisotopic (exact) mass is 253 g/mol. The van der Waals surface area contributed by atoms with Gasteiger partial charge in [-0.3, -0.25) is 4.79 Å². The molecule has 0 saturated carbocycles. The molecule has 5 nitrogen and oxygen atoms in total. The van der Waals surface area contributed by atoms with Crippen molar-refractivity contribution in [3.8, 4) is 0 Å². The number of nitrogens with one attached hydrogen (secondary N) is 1. The molecule has 0 unspecified atom stereocenters. The fourth-order valence-electron chi connectivity index (χ4n) is 1.74. The number of carbonyl (C=O) groups is 1. The van der Waals surface area contributed by atoms with Crippen LogP contribution in [-0.2, 0) is 0 Å². The summed E-state index contributed by atoms with van der Waals surface area (Å²) in [5, 5.41) is 3.58. The Bertz CT molecular complexity index is 699. The number of anilines is 1. The Labute approximate surface area is 109 Å². The van der Waals surface area contributed by atoms with Gasteiger partial charge in [-0.2, -0.15) is 0 Å². The van der Waals surface area contributed by atoms with Crippen molar-refractivity contribution < 1.29 is 9.21 Å².